The van der Waals surface area contributed by atoms with Crippen molar-refractivity contribution < 1.29 is 19.4 Å². The minimum absolute atomic E-state index is 0.262. The molecule has 1 heterocycles. The number of carboxylic acids is 1. The van der Waals surface area contributed by atoms with Crippen molar-refractivity contribution in [3.8, 4) is 11.8 Å². The number of carbonyl (C=O) groups excluding carboxylic acids is 1. The fourth-order valence-corrected chi connectivity index (χ4v) is 2.76. The van der Waals surface area contributed by atoms with Gasteiger partial charge in [-0.05, 0) is 47.9 Å². The molecule has 0 radical (unpaired) electrons. The largest absolute Gasteiger partial charge is 0.489 e. The Bertz CT molecular complexity index is 853. The molecule has 0 fully saturated rings. The number of benzene rings is 2. The van der Waals surface area contributed by atoms with Crippen LogP contribution in [0.3, 0.4) is 0 Å². The highest BCUT2D eigenvalue weighted by molar-refractivity contribution is 5.98. The van der Waals surface area contributed by atoms with E-state index >= 15 is 0 Å². The molecule has 0 bridgehead atoms. The van der Waals surface area contributed by atoms with E-state index in [1.54, 1.807) is 24.3 Å². The van der Waals surface area contributed by atoms with Gasteiger partial charge in [-0.1, -0.05) is 12.1 Å². The Hall–Kier alpha value is -3.33. The number of nitrogens with zero attached hydrogens (tertiary/aromatic N) is 2. The van der Waals surface area contributed by atoms with Crippen molar-refractivity contribution in [2.24, 2.45) is 0 Å². The number of nitriles is 1. The molecule has 2 aromatic carbocycles. The first-order valence-electron chi connectivity index (χ1n) is 7.82. The SMILES string of the molecule is N#Cc1ccc(COc2ccc3c(c2)CCN(CC(=O)O)C3=O)cc1. The maximum Gasteiger partial charge on any atom is 0.323 e. The molecule has 0 unspecified atom stereocenters. The van der Waals surface area contributed by atoms with Gasteiger partial charge in [0.05, 0.1) is 11.6 Å². The second-order valence-corrected chi connectivity index (χ2v) is 5.79. The molecule has 1 N–H and O–H groups in total. The number of fused-ring (bicyclic) bond motifs is 1. The summed E-state index contributed by atoms with van der Waals surface area (Å²) >= 11 is 0. The van der Waals surface area contributed by atoms with E-state index in [9.17, 15) is 9.59 Å². The molecular weight excluding hydrogens is 320 g/mol. The zero-order valence-electron chi connectivity index (χ0n) is 13.4. The van der Waals surface area contributed by atoms with Gasteiger partial charge in [0.25, 0.3) is 5.91 Å². The number of hydrogen-bond donors (Lipinski definition) is 1. The fourth-order valence-electron chi connectivity index (χ4n) is 2.76. The summed E-state index contributed by atoms with van der Waals surface area (Å²) in [6.07, 6.45) is 0.600. The van der Waals surface area contributed by atoms with Crippen LogP contribution in [0, 0.1) is 11.3 Å². The Morgan fingerprint density at radius 2 is 2.00 bits per heavy atom. The molecule has 0 atom stereocenters. The first-order chi connectivity index (χ1) is 12.1. The van der Waals surface area contributed by atoms with Crippen LogP contribution in [0.4, 0.5) is 0 Å². The van der Waals surface area contributed by atoms with Crippen LogP contribution in [0.2, 0.25) is 0 Å². The monoisotopic (exact) mass is 336 g/mol. The van der Waals surface area contributed by atoms with Crippen LogP contribution in [0.15, 0.2) is 42.5 Å². The van der Waals surface area contributed by atoms with Gasteiger partial charge in [-0.2, -0.15) is 5.26 Å². The van der Waals surface area contributed by atoms with Gasteiger partial charge in [0.1, 0.15) is 18.9 Å². The average molecular weight is 336 g/mol. The average Bonchev–Trinajstić information content (AvgIpc) is 2.62. The first kappa shape index (κ1) is 16.5. The molecule has 3 rings (SSSR count). The van der Waals surface area contributed by atoms with E-state index in [1.165, 1.54) is 4.90 Å². The lowest BCUT2D eigenvalue weighted by molar-refractivity contribution is -0.137. The zero-order valence-corrected chi connectivity index (χ0v) is 13.4. The Morgan fingerprint density at radius 1 is 1.24 bits per heavy atom. The smallest absolute Gasteiger partial charge is 0.323 e. The second-order valence-electron chi connectivity index (χ2n) is 5.79. The summed E-state index contributed by atoms with van der Waals surface area (Å²) in [5, 5.41) is 17.6. The molecule has 0 aliphatic carbocycles. The molecule has 126 valence electrons. The standard InChI is InChI=1S/C19H16N2O4/c20-10-13-1-3-14(4-2-13)12-25-16-5-6-17-15(9-16)7-8-21(19(17)24)11-18(22)23/h1-6,9H,7-8,11-12H2,(H,22,23). The number of carboxylic acid groups (broad SMARTS) is 1. The van der Waals surface area contributed by atoms with Crippen LogP contribution in [0.1, 0.15) is 27.0 Å². The predicted molar refractivity (Wildman–Crippen MR) is 89.2 cm³/mol. The summed E-state index contributed by atoms with van der Waals surface area (Å²) in [5.41, 5.74) is 2.93. The van der Waals surface area contributed by atoms with Crippen molar-refractivity contribution in [2.75, 3.05) is 13.1 Å². The van der Waals surface area contributed by atoms with Gasteiger partial charge >= 0.3 is 5.97 Å². The normalized spacial score (nSPS) is 13.1. The number of aliphatic carboxylic acids is 1. The fraction of sp³-hybridized carbons (Fsp3) is 0.211. The molecule has 0 spiro atoms. The van der Waals surface area contributed by atoms with Crippen molar-refractivity contribution in [3.05, 3.63) is 64.7 Å². The summed E-state index contributed by atoms with van der Waals surface area (Å²) in [4.78, 5) is 24.4. The topological polar surface area (TPSA) is 90.6 Å². The first-order valence-corrected chi connectivity index (χ1v) is 7.82. The zero-order chi connectivity index (χ0) is 17.8. The minimum Gasteiger partial charge on any atom is -0.489 e. The number of rotatable bonds is 5. The third-order valence-corrected chi connectivity index (χ3v) is 4.06. The molecule has 1 aliphatic heterocycles. The van der Waals surface area contributed by atoms with Crippen LogP contribution in [0.25, 0.3) is 0 Å². The second kappa shape index (κ2) is 7.05. The Labute approximate surface area is 144 Å². The van der Waals surface area contributed by atoms with Crippen LogP contribution in [-0.2, 0) is 17.8 Å². The van der Waals surface area contributed by atoms with Gasteiger partial charge in [0.15, 0.2) is 0 Å². The molecule has 2 aromatic rings. The third kappa shape index (κ3) is 3.78. The van der Waals surface area contributed by atoms with Gasteiger partial charge in [0.2, 0.25) is 0 Å². The summed E-state index contributed by atoms with van der Waals surface area (Å²) in [6, 6.07) is 14.4. The molecule has 6 nitrogen and oxygen atoms in total. The summed E-state index contributed by atoms with van der Waals surface area (Å²) in [7, 11) is 0. The van der Waals surface area contributed by atoms with Crippen molar-refractivity contribution in [1.82, 2.24) is 4.90 Å². The molecule has 0 saturated heterocycles. The summed E-state index contributed by atoms with van der Waals surface area (Å²) in [5.74, 6) is -0.621. The van der Waals surface area contributed by atoms with Crippen LogP contribution >= 0.6 is 0 Å². The third-order valence-electron chi connectivity index (χ3n) is 4.06. The number of hydrogen-bond acceptors (Lipinski definition) is 4. The van der Waals surface area contributed by atoms with E-state index in [2.05, 4.69) is 6.07 Å². The number of amides is 1. The number of carbonyl (C=O) groups is 2. The van der Waals surface area contributed by atoms with E-state index in [0.717, 1.165) is 11.1 Å². The van der Waals surface area contributed by atoms with Crippen LogP contribution in [0.5, 0.6) is 5.75 Å². The molecule has 6 heteroatoms. The molecule has 25 heavy (non-hydrogen) atoms. The molecule has 0 saturated carbocycles. The molecule has 1 aliphatic rings. The Balaban J connectivity index is 1.68. The molecular formula is C19H16N2O4. The lowest BCUT2D eigenvalue weighted by Crippen LogP contribution is -2.40. The quantitative estimate of drug-likeness (QED) is 0.904. The summed E-state index contributed by atoms with van der Waals surface area (Å²) < 4.78 is 5.76. The van der Waals surface area contributed by atoms with E-state index in [4.69, 9.17) is 15.1 Å². The lowest BCUT2D eigenvalue weighted by Gasteiger charge is -2.27. The van der Waals surface area contributed by atoms with Crippen molar-refractivity contribution in [3.63, 3.8) is 0 Å². The van der Waals surface area contributed by atoms with Gasteiger partial charge < -0.3 is 14.7 Å². The maximum atomic E-state index is 12.3. The van der Waals surface area contributed by atoms with Crippen LogP contribution in [-0.4, -0.2) is 35.0 Å². The van der Waals surface area contributed by atoms with Crippen molar-refractivity contribution in [1.29, 1.82) is 5.26 Å². The van der Waals surface area contributed by atoms with Crippen molar-refractivity contribution in [2.45, 2.75) is 13.0 Å². The van der Waals surface area contributed by atoms with E-state index in [1.807, 2.05) is 18.2 Å². The van der Waals surface area contributed by atoms with Crippen molar-refractivity contribution >= 4 is 11.9 Å². The number of ether oxygens (including phenoxy) is 1. The highest BCUT2D eigenvalue weighted by atomic mass is 16.5. The maximum absolute atomic E-state index is 12.3. The lowest BCUT2D eigenvalue weighted by atomic mass is 9.98. The highest BCUT2D eigenvalue weighted by Gasteiger charge is 2.25. The summed E-state index contributed by atoms with van der Waals surface area (Å²) in [6.45, 7) is 0.468. The predicted octanol–water partition coefficient (Wildman–Crippen LogP) is 2.22. The molecule has 0 aromatic heterocycles. The Morgan fingerprint density at radius 3 is 2.68 bits per heavy atom. The van der Waals surface area contributed by atoms with E-state index in [0.29, 0.717) is 36.4 Å². The van der Waals surface area contributed by atoms with Gasteiger partial charge in [-0.15, -0.1) is 0 Å². The Kier molecular flexibility index (Phi) is 4.66. The van der Waals surface area contributed by atoms with E-state index in [-0.39, 0.29) is 12.5 Å². The van der Waals surface area contributed by atoms with Gasteiger partial charge in [-0.25, -0.2) is 0 Å². The van der Waals surface area contributed by atoms with Gasteiger partial charge in [-0.3, -0.25) is 9.59 Å². The van der Waals surface area contributed by atoms with Crippen LogP contribution < -0.4 is 4.74 Å². The molecule has 1 amide bonds. The minimum atomic E-state index is -1.01. The van der Waals surface area contributed by atoms with E-state index < -0.39 is 5.97 Å². The van der Waals surface area contributed by atoms with Gasteiger partial charge in [0, 0.05) is 12.1 Å². The highest BCUT2D eigenvalue weighted by Crippen LogP contribution is 2.24.